The van der Waals surface area contributed by atoms with E-state index in [0.29, 0.717) is 29.8 Å². The summed E-state index contributed by atoms with van der Waals surface area (Å²) in [6, 6.07) is 9.70. The number of hydrogen-bond donors (Lipinski definition) is 1. The van der Waals surface area contributed by atoms with Gasteiger partial charge in [0.15, 0.2) is 5.65 Å². The van der Waals surface area contributed by atoms with E-state index in [-0.39, 0.29) is 17.9 Å². The van der Waals surface area contributed by atoms with E-state index in [1.807, 2.05) is 37.3 Å². The van der Waals surface area contributed by atoms with Crippen LogP contribution in [0.25, 0.3) is 16.9 Å². The molecule has 0 saturated carbocycles. The van der Waals surface area contributed by atoms with Crippen molar-refractivity contribution in [2.24, 2.45) is 7.05 Å². The Balaban J connectivity index is 1.30. The second-order valence-corrected chi connectivity index (χ2v) is 9.31. The zero-order valence-corrected chi connectivity index (χ0v) is 21.2. The smallest absolute Gasteiger partial charge is 0.273 e. The third kappa shape index (κ3) is 5.97. The van der Waals surface area contributed by atoms with Crippen LogP contribution in [0.15, 0.2) is 35.1 Å². The second-order valence-electron chi connectivity index (χ2n) is 9.31. The Bertz CT molecular complexity index is 1190. The molecule has 0 atom stereocenters. The minimum atomic E-state index is -0.190. The molecule has 1 fully saturated rings. The number of amides is 1. The van der Waals surface area contributed by atoms with Crippen LogP contribution in [0.5, 0.6) is 0 Å². The third-order valence-corrected chi connectivity index (χ3v) is 6.69. The lowest BCUT2D eigenvalue weighted by molar-refractivity contribution is -0.121. The molecule has 1 N–H and O–H groups in total. The predicted octanol–water partition coefficient (Wildman–Crippen LogP) is 1.89. The molecule has 1 saturated heterocycles. The summed E-state index contributed by atoms with van der Waals surface area (Å²) in [6.07, 6.45) is 2.70. The lowest BCUT2D eigenvalue weighted by Crippen LogP contribution is -2.47. The quantitative estimate of drug-likeness (QED) is 0.447. The van der Waals surface area contributed by atoms with Gasteiger partial charge >= 0.3 is 0 Å². The van der Waals surface area contributed by atoms with Crippen LogP contribution in [-0.4, -0.2) is 80.9 Å². The molecule has 1 aromatic carbocycles. The van der Waals surface area contributed by atoms with Gasteiger partial charge in [-0.25, -0.2) is 9.67 Å². The highest BCUT2D eigenvalue weighted by Crippen LogP contribution is 2.19. The molecule has 35 heavy (non-hydrogen) atoms. The van der Waals surface area contributed by atoms with Crippen molar-refractivity contribution >= 4 is 17.1 Å². The molecule has 3 heterocycles. The molecule has 9 heteroatoms. The fraction of sp³-hybridized carbons (Fsp3) is 0.538. The van der Waals surface area contributed by atoms with Crippen molar-refractivity contribution in [3.8, 4) is 5.69 Å². The van der Waals surface area contributed by atoms with E-state index in [1.54, 1.807) is 16.3 Å². The standard InChI is InChI=1S/C26H37N7O2/c1-4-14-31-16-18-32(19-17-31)15-8-13-27-23(34)12-11-22-26(35)30(3)25-24(28-22)20(2)29-33(25)21-9-6-5-7-10-21/h5-7,9-10H,4,8,11-19H2,1-3H3,(H,27,34). The molecule has 0 spiro atoms. The molecule has 0 unspecified atom stereocenters. The number of carbonyl (C=O) groups excluding carboxylic acids is 1. The second kappa shape index (κ2) is 11.6. The fourth-order valence-corrected chi connectivity index (χ4v) is 4.73. The minimum Gasteiger partial charge on any atom is -0.356 e. The van der Waals surface area contributed by atoms with Crippen LogP contribution >= 0.6 is 0 Å². The van der Waals surface area contributed by atoms with Crippen molar-refractivity contribution in [3.63, 3.8) is 0 Å². The number of aryl methyl sites for hydroxylation is 3. The summed E-state index contributed by atoms with van der Waals surface area (Å²) >= 11 is 0. The zero-order chi connectivity index (χ0) is 24.8. The summed E-state index contributed by atoms with van der Waals surface area (Å²) < 4.78 is 3.34. The maximum atomic E-state index is 13.0. The van der Waals surface area contributed by atoms with Crippen LogP contribution in [0.3, 0.4) is 0 Å². The summed E-state index contributed by atoms with van der Waals surface area (Å²) in [5.41, 5.74) is 3.17. The highest BCUT2D eigenvalue weighted by atomic mass is 16.1. The van der Waals surface area contributed by atoms with Crippen molar-refractivity contribution in [2.75, 3.05) is 45.8 Å². The van der Waals surface area contributed by atoms with Gasteiger partial charge in [0, 0.05) is 52.6 Å². The zero-order valence-electron chi connectivity index (χ0n) is 21.2. The Morgan fingerprint density at radius 3 is 2.43 bits per heavy atom. The Morgan fingerprint density at radius 2 is 1.74 bits per heavy atom. The normalized spacial score (nSPS) is 15.1. The molecular weight excluding hydrogens is 442 g/mol. The van der Waals surface area contributed by atoms with Crippen LogP contribution < -0.4 is 10.9 Å². The molecule has 1 aliphatic heterocycles. The first-order chi connectivity index (χ1) is 17.0. The van der Waals surface area contributed by atoms with Crippen molar-refractivity contribution in [2.45, 2.75) is 39.5 Å². The highest BCUT2D eigenvalue weighted by molar-refractivity contribution is 5.77. The molecule has 188 valence electrons. The van der Waals surface area contributed by atoms with Crippen LogP contribution in [0.1, 0.15) is 37.6 Å². The van der Waals surface area contributed by atoms with E-state index >= 15 is 0 Å². The van der Waals surface area contributed by atoms with Gasteiger partial charge in [-0.05, 0) is 45.0 Å². The van der Waals surface area contributed by atoms with Crippen molar-refractivity contribution in [1.29, 1.82) is 0 Å². The molecule has 4 rings (SSSR count). The first-order valence-electron chi connectivity index (χ1n) is 12.7. The summed E-state index contributed by atoms with van der Waals surface area (Å²) in [4.78, 5) is 35.0. The number of nitrogens with one attached hydrogen (secondary N) is 1. The molecule has 3 aromatic rings. The maximum absolute atomic E-state index is 13.0. The number of benzene rings is 1. The van der Waals surface area contributed by atoms with E-state index in [1.165, 1.54) is 13.0 Å². The lowest BCUT2D eigenvalue weighted by Gasteiger charge is -2.34. The monoisotopic (exact) mass is 479 g/mol. The van der Waals surface area contributed by atoms with E-state index in [0.717, 1.165) is 50.5 Å². The van der Waals surface area contributed by atoms with E-state index in [4.69, 9.17) is 0 Å². The van der Waals surface area contributed by atoms with Gasteiger partial charge in [0.25, 0.3) is 5.56 Å². The van der Waals surface area contributed by atoms with E-state index < -0.39 is 0 Å². The molecule has 1 amide bonds. The van der Waals surface area contributed by atoms with Gasteiger partial charge < -0.3 is 15.1 Å². The number of piperazine rings is 1. The lowest BCUT2D eigenvalue weighted by atomic mass is 10.2. The van der Waals surface area contributed by atoms with Crippen LogP contribution in [-0.2, 0) is 18.3 Å². The van der Waals surface area contributed by atoms with E-state index in [9.17, 15) is 9.59 Å². The molecule has 9 nitrogen and oxygen atoms in total. The Kier molecular flexibility index (Phi) is 8.30. The van der Waals surface area contributed by atoms with Crippen molar-refractivity contribution in [3.05, 3.63) is 52.1 Å². The Labute approximate surface area is 206 Å². The predicted molar refractivity (Wildman–Crippen MR) is 138 cm³/mol. The van der Waals surface area contributed by atoms with Gasteiger partial charge in [-0.15, -0.1) is 0 Å². The molecular formula is C26H37N7O2. The topological polar surface area (TPSA) is 88.3 Å². The van der Waals surface area contributed by atoms with Crippen LogP contribution in [0.2, 0.25) is 0 Å². The molecule has 0 radical (unpaired) electrons. The summed E-state index contributed by atoms with van der Waals surface area (Å²) in [7, 11) is 1.73. The highest BCUT2D eigenvalue weighted by Gasteiger charge is 2.18. The average Bonchev–Trinajstić information content (AvgIpc) is 3.21. The fourth-order valence-electron chi connectivity index (χ4n) is 4.73. The number of rotatable bonds is 10. The van der Waals surface area contributed by atoms with Gasteiger partial charge in [0.1, 0.15) is 11.2 Å². The van der Waals surface area contributed by atoms with Gasteiger partial charge in [-0.3, -0.25) is 14.2 Å². The number of nitrogens with zero attached hydrogens (tertiary/aromatic N) is 6. The first-order valence-corrected chi connectivity index (χ1v) is 12.7. The summed E-state index contributed by atoms with van der Waals surface area (Å²) in [6.45, 7) is 11.4. The number of carbonyl (C=O) groups is 1. The molecule has 0 bridgehead atoms. The van der Waals surface area contributed by atoms with Crippen molar-refractivity contribution in [1.82, 2.24) is 34.4 Å². The summed E-state index contributed by atoms with van der Waals surface area (Å²) in [5.74, 6) is -0.0431. The Morgan fingerprint density at radius 1 is 1.06 bits per heavy atom. The minimum absolute atomic E-state index is 0.0431. The molecule has 0 aliphatic carbocycles. The van der Waals surface area contributed by atoms with Crippen molar-refractivity contribution < 1.29 is 4.79 Å². The Hall–Kier alpha value is -3.04. The molecule has 2 aromatic heterocycles. The van der Waals surface area contributed by atoms with Gasteiger partial charge in [0.2, 0.25) is 5.91 Å². The summed E-state index contributed by atoms with van der Waals surface area (Å²) in [5, 5.41) is 7.61. The number of hydrogen-bond acceptors (Lipinski definition) is 6. The SMILES string of the molecule is CCCN1CCN(CCCNC(=O)CCc2nc3c(C)nn(-c4ccccc4)c3n(C)c2=O)CC1. The largest absolute Gasteiger partial charge is 0.356 e. The molecule has 1 aliphatic rings. The van der Waals surface area contributed by atoms with Crippen LogP contribution in [0, 0.1) is 6.92 Å². The maximum Gasteiger partial charge on any atom is 0.273 e. The van der Waals surface area contributed by atoms with Crippen LogP contribution in [0.4, 0.5) is 0 Å². The average molecular weight is 480 g/mol. The van der Waals surface area contributed by atoms with Gasteiger partial charge in [-0.2, -0.15) is 5.10 Å². The number of para-hydroxylation sites is 1. The first kappa shape index (κ1) is 25.1. The van der Waals surface area contributed by atoms with E-state index in [2.05, 4.69) is 32.1 Å². The number of aromatic nitrogens is 4. The third-order valence-electron chi connectivity index (χ3n) is 6.69. The van der Waals surface area contributed by atoms with Gasteiger partial charge in [-0.1, -0.05) is 25.1 Å². The number of fused-ring (bicyclic) bond motifs is 1. The van der Waals surface area contributed by atoms with Gasteiger partial charge in [0.05, 0.1) is 11.4 Å².